The van der Waals surface area contributed by atoms with E-state index in [1.165, 1.54) is 12.0 Å². The minimum atomic E-state index is 0.104. The van der Waals surface area contributed by atoms with Crippen LogP contribution in [0.2, 0.25) is 0 Å². The number of aromatic nitrogens is 1. The first-order chi connectivity index (χ1) is 11.2. The molecule has 0 spiro atoms. The maximum absolute atomic E-state index is 12.6. The zero-order valence-electron chi connectivity index (χ0n) is 13.6. The maximum atomic E-state index is 12.6. The molecule has 2 heterocycles. The average molecular weight is 309 g/mol. The van der Waals surface area contributed by atoms with Gasteiger partial charge in [-0.2, -0.15) is 0 Å². The third kappa shape index (κ3) is 3.89. The lowest BCUT2D eigenvalue weighted by molar-refractivity contribution is 0.0724. The largest absolute Gasteiger partial charge is 0.369 e. The van der Waals surface area contributed by atoms with Crippen LogP contribution in [0.1, 0.15) is 35.2 Å². The van der Waals surface area contributed by atoms with Gasteiger partial charge in [0, 0.05) is 32.9 Å². The molecule has 1 aliphatic heterocycles. The molecule has 1 aliphatic rings. The molecule has 0 saturated carbocycles. The Bertz CT molecular complexity index is 651. The van der Waals surface area contributed by atoms with Gasteiger partial charge in [-0.3, -0.25) is 9.78 Å². The minimum absolute atomic E-state index is 0.104. The number of amides is 1. The summed E-state index contributed by atoms with van der Waals surface area (Å²) < 4.78 is 0. The van der Waals surface area contributed by atoms with Crippen LogP contribution in [-0.4, -0.2) is 35.9 Å². The van der Waals surface area contributed by atoms with Crippen molar-refractivity contribution in [1.29, 1.82) is 0 Å². The zero-order valence-corrected chi connectivity index (χ0v) is 13.6. The van der Waals surface area contributed by atoms with E-state index in [1.54, 1.807) is 6.20 Å². The molecule has 0 radical (unpaired) electrons. The first kappa shape index (κ1) is 15.5. The standard InChI is InChI=1S/C19H23N3O/c1-21(15-16-8-4-2-5-9-16)18-12-17(13-20-14-18)19(23)22-10-6-3-7-11-22/h2,4-5,8-9,12-14H,3,6-7,10-11,15H2,1H3. The van der Waals surface area contributed by atoms with Crippen LogP contribution in [0.15, 0.2) is 48.8 Å². The summed E-state index contributed by atoms with van der Waals surface area (Å²) in [5.41, 5.74) is 2.89. The third-order valence-corrected chi connectivity index (χ3v) is 4.32. The van der Waals surface area contributed by atoms with Crippen LogP contribution in [0.3, 0.4) is 0 Å². The smallest absolute Gasteiger partial charge is 0.255 e. The molecule has 0 bridgehead atoms. The number of piperidine rings is 1. The predicted molar refractivity (Wildman–Crippen MR) is 92.5 cm³/mol. The molecule has 4 heteroatoms. The van der Waals surface area contributed by atoms with Crippen LogP contribution < -0.4 is 4.90 Å². The van der Waals surface area contributed by atoms with Crippen molar-refractivity contribution in [2.24, 2.45) is 0 Å². The molecule has 2 aromatic rings. The highest BCUT2D eigenvalue weighted by Crippen LogP contribution is 2.18. The highest BCUT2D eigenvalue weighted by Gasteiger charge is 2.19. The Kier molecular flexibility index (Phi) is 4.91. The maximum Gasteiger partial charge on any atom is 0.255 e. The van der Waals surface area contributed by atoms with Gasteiger partial charge in [-0.05, 0) is 30.9 Å². The molecule has 23 heavy (non-hydrogen) atoms. The number of carbonyl (C=O) groups is 1. The molecule has 1 amide bonds. The molecular weight excluding hydrogens is 286 g/mol. The number of anilines is 1. The van der Waals surface area contributed by atoms with E-state index in [-0.39, 0.29) is 5.91 Å². The molecule has 3 rings (SSSR count). The van der Waals surface area contributed by atoms with Gasteiger partial charge in [0.2, 0.25) is 0 Å². The Labute approximate surface area is 137 Å². The summed E-state index contributed by atoms with van der Waals surface area (Å²) in [6.45, 7) is 2.52. The van der Waals surface area contributed by atoms with Crippen molar-refractivity contribution in [1.82, 2.24) is 9.88 Å². The van der Waals surface area contributed by atoms with E-state index in [9.17, 15) is 4.79 Å². The molecule has 1 aromatic carbocycles. The summed E-state index contributed by atoms with van der Waals surface area (Å²) in [7, 11) is 2.03. The fraction of sp³-hybridized carbons (Fsp3) is 0.368. The lowest BCUT2D eigenvalue weighted by Gasteiger charge is -2.27. The summed E-state index contributed by atoms with van der Waals surface area (Å²) in [6.07, 6.45) is 6.92. The first-order valence-electron chi connectivity index (χ1n) is 8.23. The van der Waals surface area contributed by atoms with Crippen molar-refractivity contribution >= 4 is 11.6 Å². The third-order valence-electron chi connectivity index (χ3n) is 4.32. The average Bonchev–Trinajstić information content (AvgIpc) is 2.63. The van der Waals surface area contributed by atoms with E-state index in [0.717, 1.165) is 38.2 Å². The Morgan fingerprint density at radius 1 is 1.13 bits per heavy atom. The zero-order chi connectivity index (χ0) is 16.1. The molecule has 4 nitrogen and oxygen atoms in total. The number of hydrogen-bond donors (Lipinski definition) is 0. The molecule has 0 N–H and O–H groups in total. The molecule has 1 aromatic heterocycles. The van der Waals surface area contributed by atoms with E-state index in [0.29, 0.717) is 5.56 Å². The Morgan fingerprint density at radius 2 is 1.87 bits per heavy atom. The summed E-state index contributed by atoms with van der Waals surface area (Å²) in [4.78, 5) is 20.9. The highest BCUT2D eigenvalue weighted by molar-refractivity contribution is 5.94. The number of hydrogen-bond acceptors (Lipinski definition) is 3. The second-order valence-corrected chi connectivity index (χ2v) is 6.13. The van der Waals surface area contributed by atoms with E-state index in [2.05, 4.69) is 22.0 Å². The lowest BCUT2D eigenvalue weighted by atomic mass is 10.1. The SMILES string of the molecule is CN(Cc1ccccc1)c1cncc(C(=O)N2CCCCC2)c1. The molecule has 120 valence electrons. The fourth-order valence-corrected chi connectivity index (χ4v) is 2.98. The van der Waals surface area contributed by atoms with Crippen molar-refractivity contribution in [3.05, 3.63) is 59.9 Å². The molecule has 0 atom stereocenters. The molecular formula is C19H23N3O. The number of pyridine rings is 1. The summed E-state index contributed by atoms with van der Waals surface area (Å²) in [5, 5.41) is 0. The van der Waals surface area contributed by atoms with Gasteiger partial charge in [0.05, 0.1) is 17.4 Å². The van der Waals surface area contributed by atoms with Crippen molar-refractivity contribution in [3.63, 3.8) is 0 Å². The summed E-state index contributed by atoms with van der Waals surface area (Å²) >= 11 is 0. The minimum Gasteiger partial charge on any atom is -0.369 e. The number of benzene rings is 1. The van der Waals surface area contributed by atoms with Gasteiger partial charge in [-0.1, -0.05) is 30.3 Å². The number of nitrogens with zero attached hydrogens (tertiary/aromatic N) is 3. The van der Waals surface area contributed by atoms with Gasteiger partial charge < -0.3 is 9.80 Å². The topological polar surface area (TPSA) is 36.4 Å². The molecule has 1 saturated heterocycles. The monoisotopic (exact) mass is 309 g/mol. The van der Waals surface area contributed by atoms with Crippen molar-refractivity contribution in [3.8, 4) is 0 Å². The normalized spacial score (nSPS) is 14.6. The quantitative estimate of drug-likeness (QED) is 0.869. The molecule has 0 aliphatic carbocycles. The van der Waals surface area contributed by atoms with Crippen LogP contribution in [-0.2, 0) is 6.54 Å². The Hall–Kier alpha value is -2.36. The van der Waals surface area contributed by atoms with E-state index < -0.39 is 0 Å². The molecule has 1 fully saturated rings. The summed E-state index contributed by atoms with van der Waals surface area (Å²) in [6, 6.07) is 12.3. The van der Waals surface area contributed by atoms with Gasteiger partial charge in [0.1, 0.15) is 0 Å². The number of carbonyl (C=O) groups excluding carboxylic acids is 1. The Morgan fingerprint density at radius 3 is 2.61 bits per heavy atom. The number of likely N-dealkylation sites (tertiary alicyclic amines) is 1. The van der Waals surface area contributed by atoms with Gasteiger partial charge in [0.25, 0.3) is 5.91 Å². The van der Waals surface area contributed by atoms with Crippen molar-refractivity contribution in [2.45, 2.75) is 25.8 Å². The molecule has 0 unspecified atom stereocenters. The van der Waals surface area contributed by atoms with E-state index in [1.807, 2.05) is 42.4 Å². The Balaban J connectivity index is 1.72. The lowest BCUT2D eigenvalue weighted by Crippen LogP contribution is -2.35. The van der Waals surface area contributed by atoms with Crippen LogP contribution in [0.4, 0.5) is 5.69 Å². The van der Waals surface area contributed by atoms with Crippen LogP contribution >= 0.6 is 0 Å². The summed E-state index contributed by atoms with van der Waals surface area (Å²) in [5.74, 6) is 0.104. The second-order valence-electron chi connectivity index (χ2n) is 6.13. The van der Waals surface area contributed by atoms with Gasteiger partial charge in [-0.25, -0.2) is 0 Å². The van der Waals surface area contributed by atoms with E-state index >= 15 is 0 Å². The number of rotatable bonds is 4. The van der Waals surface area contributed by atoms with Crippen LogP contribution in [0.25, 0.3) is 0 Å². The van der Waals surface area contributed by atoms with E-state index in [4.69, 9.17) is 0 Å². The fourth-order valence-electron chi connectivity index (χ4n) is 2.98. The first-order valence-corrected chi connectivity index (χ1v) is 8.23. The predicted octanol–water partition coefficient (Wildman–Crippen LogP) is 3.34. The highest BCUT2D eigenvalue weighted by atomic mass is 16.2. The van der Waals surface area contributed by atoms with Crippen LogP contribution in [0, 0.1) is 0 Å². The van der Waals surface area contributed by atoms with Crippen LogP contribution in [0.5, 0.6) is 0 Å². The van der Waals surface area contributed by atoms with Gasteiger partial charge in [-0.15, -0.1) is 0 Å². The van der Waals surface area contributed by atoms with Crippen molar-refractivity contribution < 1.29 is 4.79 Å². The van der Waals surface area contributed by atoms with Crippen molar-refractivity contribution in [2.75, 3.05) is 25.0 Å². The van der Waals surface area contributed by atoms with Gasteiger partial charge in [0.15, 0.2) is 0 Å². The van der Waals surface area contributed by atoms with Gasteiger partial charge >= 0.3 is 0 Å². The second kappa shape index (κ2) is 7.27.